The third kappa shape index (κ3) is 7.93. The van der Waals surface area contributed by atoms with Crippen molar-refractivity contribution in [3.05, 3.63) is 93.0 Å². The number of fused-ring (bicyclic) bond motifs is 2. The average molecular weight is 731 g/mol. The molecule has 2 heterocycles. The lowest BCUT2D eigenvalue weighted by atomic mass is 9.67. The summed E-state index contributed by atoms with van der Waals surface area (Å²) >= 11 is 0. The second-order valence-electron chi connectivity index (χ2n) is 21.8. The van der Waals surface area contributed by atoms with Crippen molar-refractivity contribution in [2.24, 2.45) is 10.8 Å². The van der Waals surface area contributed by atoms with Gasteiger partial charge in [-0.15, -0.1) is 0 Å². The Morgan fingerprint density at radius 2 is 0.833 bits per heavy atom. The first-order chi connectivity index (χ1) is 24.9. The molecule has 3 aromatic rings. The molecule has 290 valence electrons. The van der Waals surface area contributed by atoms with Gasteiger partial charge in [0.15, 0.2) is 0 Å². The molecule has 2 aliphatic heterocycles. The lowest BCUT2D eigenvalue weighted by molar-refractivity contribution is 0.00578. The van der Waals surface area contributed by atoms with E-state index in [4.69, 9.17) is 18.6 Å². The molecule has 2 atom stereocenters. The highest BCUT2D eigenvalue weighted by Gasteiger charge is 2.54. The van der Waals surface area contributed by atoms with Crippen LogP contribution in [0.4, 0.5) is 0 Å². The van der Waals surface area contributed by atoms with Crippen molar-refractivity contribution in [1.29, 1.82) is 0 Å². The van der Waals surface area contributed by atoms with Gasteiger partial charge in [-0.1, -0.05) is 90.1 Å². The fourth-order valence-electron chi connectivity index (χ4n) is 9.21. The maximum atomic E-state index is 6.78. The van der Waals surface area contributed by atoms with Gasteiger partial charge in [0.05, 0.1) is 22.4 Å². The molecule has 2 fully saturated rings. The van der Waals surface area contributed by atoms with Gasteiger partial charge in [0.25, 0.3) is 0 Å². The third-order valence-corrected chi connectivity index (χ3v) is 13.7. The molecule has 54 heavy (non-hydrogen) atoms. The molecule has 4 aliphatic rings. The van der Waals surface area contributed by atoms with Crippen molar-refractivity contribution >= 4 is 25.2 Å². The van der Waals surface area contributed by atoms with Gasteiger partial charge < -0.3 is 18.6 Å². The van der Waals surface area contributed by atoms with Crippen LogP contribution < -0.4 is 10.9 Å². The molecule has 2 saturated heterocycles. The maximum absolute atomic E-state index is 6.78. The Bertz CT molecular complexity index is 1720. The number of benzene rings is 3. The van der Waals surface area contributed by atoms with E-state index in [1.807, 2.05) is 0 Å². The van der Waals surface area contributed by atoms with E-state index < -0.39 is 36.6 Å². The zero-order valence-electron chi connectivity index (χ0n) is 36.2. The number of hydrogen-bond acceptors (Lipinski definition) is 4. The Balaban J connectivity index is 1.21. The van der Waals surface area contributed by atoms with Crippen LogP contribution in [0.15, 0.2) is 48.5 Å². The van der Waals surface area contributed by atoms with Crippen molar-refractivity contribution in [1.82, 2.24) is 0 Å². The molecule has 0 spiro atoms. The molecule has 4 nitrogen and oxygen atoms in total. The van der Waals surface area contributed by atoms with Crippen LogP contribution in [-0.4, -0.2) is 36.6 Å². The SMILES string of the molecule is CC(C)(C)CC1Cc2cc(CCc3cc(B4OC(C)(C)C(C)(C)O4)c(CCc4ccc5c(c4)CC5CC(C)(C)C)cc3B3OC(C)(C)C(C)(C)O3)ccc21. The minimum absolute atomic E-state index is 0.350. The predicted octanol–water partition coefficient (Wildman–Crippen LogP) is 10.0. The quantitative estimate of drug-likeness (QED) is 0.195. The average Bonchev–Trinajstić information content (AvgIpc) is 3.38. The van der Waals surface area contributed by atoms with E-state index in [9.17, 15) is 0 Å². The Hall–Kier alpha value is -2.37. The summed E-state index contributed by atoms with van der Waals surface area (Å²) in [5, 5.41) is 0. The van der Waals surface area contributed by atoms with Crippen molar-refractivity contribution in [2.75, 3.05) is 0 Å². The van der Waals surface area contributed by atoms with Gasteiger partial charge in [-0.05, 0) is 185 Å². The van der Waals surface area contributed by atoms with Gasteiger partial charge in [0.2, 0.25) is 0 Å². The molecule has 0 radical (unpaired) electrons. The van der Waals surface area contributed by atoms with Gasteiger partial charge in [0, 0.05) is 0 Å². The standard InChI is InChI=1S/C48H68B2O4/c1-43(2,3)29-37-25-35-23-31(17-21-39(35)37)15-19-33-27-42(50-53-47(11,12)48(13,14)54-50)34(28-41(33)49-51-45(7,8)46(9,10)52-49)20-16-32-18-22-40-36(24-32)26-38(40)30-44(4,5)6/h17-18,21-24,27-28,37-38H,15-16,19-20,25-26,29-30H2,1-14H3. The summed E-state index contributed by atoms with van der Waals surface area (Å²) in [4.78, 5) is 0. The van der Waals surface area contributed by atoms with Crippen molar-refractivity contribution in [2.45, 2.75) is 183 Å². The summed E-state index contributed by atoms with van der Waals surface area (Å²) in [6, 6.07) is 19.2. The molecule has 0 saturated carbocycles. The van der Waals surface area contributed by atoms with Crippen LogP contribution in [0.2, 0.25) is 0 Å². The third-order valence-electron chi connectivity index (χ3n) is 13.7. The van der Waals surface area contributed by atoms with Crippen LogP contribution in [0, 0.1) is 10.8 Å². The lowest BCUT2D eigenvalue weighted by Gasteiger charge is -2.35. The molecule has 3 aromatic carbocycles. The first-order valence-electron chi connectivity index (χ1n) is 21.0. The van der Waals surface area contributed by atoms with Gasteiger partial charge in [-0.3, -0.25) is 0 Å². The van der Waals surface area contributed by atoms with Crippen LogP contribution in [0.5, 0.6) is 0 Å². The van der Waals surface area contributed by atoms with Crippen LogP contribution in [-0.2, 0) is 57.1 Å². The Morgan fingerprint density at radius 1 is 0.500 bits per heavy atom. The molecule has 0 bridgehead atoms. The molecular weight excluding hydrogens is 662 g/mol. The largest absolute Gasteiger partial charge is 0.495 e. The minimum Gasteiger partial charge on any atom is -0.399 e. The van der Waals surface area contributed by atoms with E-state index in [1.54, 1.807) is 11.1 Å². The number of rotatable bonds is 10. The van der Waals surface area contributed by atoms with Crippen LogP contribution in [0.25, 0.3) is 0 Å². The topological polar surface area (TPSA) is 36.9 Å². The van der Waals surface area contributed by atoms with Crippen molar-refractivity contribution in [3.8, 4) is 0 Å². The van der Waals surface area contributed by atoms with Gasteiger partial charge >= 0.3 is 14.2 Å². The van der Waals surface area contributed by atoms with E-state index in [0.717, 1.165) is 36.6 Å². The second-order valence-corrected chi connectivity index (χ2v) is 21.8. The van der Waals surface area contributed by atoms with Crippen LogP contribution in [0.3, 0.4) is 0 Å². The van der Waals surface area contributed by atoms with E-state index in [2.05, 4.69) is 145 Å². The summed E-state index contributed by atoms with van der Waals surface area (Å²) < 4.78 is 27.1. The smallest absolute Gasteiger partial charge is 0.399 e. The van der Waals surface area contributed by atoms with Gasteiger partial charge in [-0.2, -0.15) is 0 Å². The monoisotopic (exact) mass is 731 g/mol. The first kappa shape index (κ1) is 39.8. The molecule has 0 amide bonds. The van der Waals surface area contributed by atoms with E-state index in [0.29, 0.717) is 22.7 Å². The predicted molar refractivity (Wildman–Crippen MR) is 227 cm³/mol. The zero-order valence-corrected chi connectivity index (χ0v) is 36.2. The highest BCUT2D eigenvalue weighted by Crippen LogP contribution is 2.45. The van der Waals surface area contributed by atoms with Crippen molar-refractivity contribution in [3.63, 3.8) is 0 Å². The fraction of sp³-hybridized carbons (Fsp3) is 0.625. The van der Waals surface area contributed by atoms with Crippen LogP contribution in [0.1, 0.15) is 166 Å². The van der Waals surface area contributed by atoms with E-state index in [-0.39, 0.29) is 0 Å². The highest BCUT2D eigenvalue weighted by atomic mass is 16.7. The molecule has 0 aromatic heterocycles. The fourth-order valence-corrected chi connectivity index (χ4v) is 9.21. The summed E-state index contributed by atoms with van der Waals surface area (Å²) in [5.74, 6) is 1.38. The van der Waals surface area contributed by atoms with E-state index >= 15 is 0 Å². The molecule has 2 aliphatic carbocycles. The molecule has 2 unspecified atom stereocenters. The normalized spacial score (nSPS) is 23.5. The Labute approximate surface area is 329 Å². The molecule has 7 rings (SSSR count). The number of aryl methyl sites for hydroxylation is 4. The Morgan fingerprint density at radius 3 is 1.13 bits per heavy atom. The first-order valence-corrected chi connectivity index (χ1v) is 21.0. The summed E-state index contributed by atoms with van der Waals surface area (Å²) in [6.45, 7) is 31.3. The summed E-state index contributed by atoms with van der Waals surface area (Å²) in [7, 11) is -0.885. The summed E-state index contributed by atoms with van der Waals surface area (Å²) in [6.07, 6.45) is 8.57. The zero-order chi connectivity index (χ0) is 39.2. The van der Waals surface area contributed by atoms with Crippen molar-refractivity contribution < 1.29 is 18.6 Å². The Kier molecular flexibility index (Phi) is 10.1. The molecular formula is C48H68B2O4. The molecule has 0 N–H and O–H groups in total. The second kappa shape index (κ2) is 13.6. The minimum atomic E-state index is -0.442. The maximum Gasteiger partial charge on any atom is 0.495 e. The van der Waals surface area contributed by atoms with Gasteiger partial charge in [0.1, 0.15) is 0 Å². The highest BCUT2D eigenvalue weighted by molar-refractivity contribution is 6.65. The number of hydrogen-bond donors (Lipinski definition) is 0. The molecule has 6 heteroatoms. The van der Waals surface area contributed by atoms with Crippen LogP contribution >= 0.6 is 0 Å². The van der Waals surface area contributed by atoms with Gasteiger partial charge in [-0.25, -0.2) is 0 Å². The van der Waals surface area contributed by atoms with E-state index in [1.165, 1.54) is 59.1 Å². The lowest BCUT2D eigenvalue weighted by Crippen LogP contribution is -2.43. The summed E-state index contributed by atoms with van der Waals surface area (Å²) in [5.41, 5.74) is 12.7.